The first-order valence-electron chi connectivity index (χ1n) is 51.4. The summed E-state index contributed by atoms with van der Waals surface area (Å²) >= 11 is 0. The molecule has 0 aliphatic rings. The number of quaternary nitrogens is 1. The highest BCUT2D eigenvalue weighted by Gasteiger charge is 2.25. The monoisotopic (exact) mass is 1890 g/mol. The van der Waals surface area contributed by atoms with E-state index in [1.54, 1.807) is 0 Å². The van der Waals surface area contributed by atoms with Gasteiger partial charge in [-0.05, 0) is 354 Å². The summed E-state index contributed by atoms with van der Waals surface area (Å²) in [5.41, 5.74) is 34.9. The molecular weight excluding hydrogens is 1740 g/mol. The molecule has 16 rings (SSSR count). The van der Waals surface area contributed by atoms with Crippen LogP contribution >= 0.6 is 0 Å². The van der Waals surface area contributed by atoms with Gasteiger partial charge in [0.1, 0.15) is 5.69 Å². The normalized spacial score (nSPS) is 11.4. The first-order chi connectivity index (χ1) is 69.7. The molecule has 0 aliphatic heterocycles. The predicted molar refractivity (Wildman–Crippen MR) is 623 cm³/mol. The molecule has 0 aliphatic carbocycles. The van der Waals surface area contributed by atoms with Crippen LogP contribution in [0.2, 0.25) is 0 Å². The van der Waals surface area contributed by atoms with Gasteiger partial charge in [-0.15, -0.1) is 0 Å². The van der Waals surface area contributed by atoms with Crippen LogP contribution in [0.5, 0.6) is 0 Å². The third-order valence-corrected chi connectivity index (χ3v) is 26.5. The van der Waals surface area contributed by atoms with E-state index in [0.29, 0.717) is 0 Å². The summed E-state index contributed by atoms with van der Waals surface area (Å²) in [4.78, 5) is 4.69. The van der Waals surface area contributed by atoms with E-state index >= 15 is 0 Å². The lowest BCUT2D eigenvalue weighted by atomic mass is 10.0. The van der Waals surface area contributed by atoms with Gasteiger partial charge in [-0.3, -0.25) is 4.48 Å². The van der Waals surface area contributed by atoms with Gasteiger partial charge in [0.25, 0.3) is 0 Å². The number of aryl methyl sites for hydroxylation is 10. The Bertz CT molecular complexity index is 6640. The van der Waals surface area contributed by atoms with Crippen molar-refractivity contribution in [2.75, 3.05) is 80.7 Å². The van der Waals surface area contributed by atoms with Gasteiger partial charge in [0, 0.05) is 42.9 Å². The molecule has 0 bridgehead atoms. The number of rotatable bonds is 35. The summed E-state index contributed by atoms with van der Waals surface area (Å²) in [6.07, 6.45) is 10.9. The number of nitrogens with zero attached hydrogens (tertiary/aromatic N) is 13. The molecule has 0 heterocycles. The number of hydrogen-bond donors (Lipinski definition) is 0. The molecule has 0 saturated carbocycles. The molecule has 16 aromatic rings. The van der Waals surface area contributed by atoms with E-state index in [1.807, 2.05) is 75.1 Å². The van der Waals surface area contributed by atoms with Crippen LogP contribution < -0.4 is 39.3 Å². The van der Waals surface area contributed by atoms with E-state index in [-0.39, 0.29) is 0 Å². The predicted octanol–water partition coefficient (Wildman–Crippen LogP) is 33.6. The molecule has 0 N–H and O–H groups in total. The van der Waals surface area contributed by atoms with Crippen molar-refractivity contribution in [2.24, 2.45) is 25.5 Å². The maximum absolute atomic E-state index is 5.07. The Balaban J connectivity index is 0.000000160. The highest BCUT2D eigenvalue weighted by Crippen LogP contribution is 2.38. The first-order valence-corrected chi connectivity index (χ1v) is 51.4. The number of anilines is 12. The van der Waals surface area contributed by atoms with Gasteiger partial charge in [-0.25, -0.2) is 25.0 Å². The van der Waals surface area contributed by atoms with Crippen molar-refractivity contribution >= 4 is 115 Å². The van der Waals surface area contributed by atoms with Gasteiger partial charge in [0.2, 0.25) is 0 Å². The van der Waals surface area contributed by atoms with Crippen LogP contribution in [0.1, 0.15) is 180 Å². The number of hydrazone groups is 5. The van der Waals surface area contributed by atoms with Crippen LogP contribution in [0.3, 0.4) is 0 Å². The molecule has 0 radical (unpaired) electrons. The standard InChI is InChI=1S/C30H33N3.C29H38N3.C26H31N3.C23H24N2.C22H22N2/c1-5-25-16-21-30(29-11-9-8-10-28(25)29)33(27-17-12-23(4)13-18-27)31-22-24-14-19-26(20-15-24)32(6-2)7-3;1-7-25-13-19-28(20-14-25)31(27-17-11-23(5)12-18-27)30-24(6)26-15-21-29(22-16-26)32(8-2,9-3)10-4;1-5-22-10-18-26(19-11-22)29(25-14-8-21(4)9-15-25)27-20-23-12-16-24(17-13-23)28(6-2)7-3;1-4-20-12-16-23(17-13-20)25(22-14-10-18(2)11-15-22)24-19(3)21-8-6-5-7-9-21;1-3-19-11-15-22(16-12-19)24(21-13-9-18(2)10-14-21)23-17-20-7-5-4-6-8-20/h8-22H,5-7H2,1-4H3;11-22H,7-10H2,1-6H3;8-20H,5-7H2,1-4H3;5-17H,4H2,1-3H3;4-17H,3H2,1-2H3/q;+1;;;/b31-22+;30-24+;27-20+;24-19+;23-17+. The molecule has 13 heteroatoms. The Kier molecular flexibility index (Phi) is 40.6. The zero-order chi connectivity index (χ0) is 101. The van der Waals surface area contributed by atoms with E-state index in [4.69, 9.17) is 25.5 Å². The first kappa shape index (κ1) is 107. The summed E-state index contributed by atoms with van der Waals surface area (Å²) in [5, 5.41) is 37.1. The van der Waals surface area contributed by atoms with Gasteiger partial charge < -0.3 is 9.80 Å². The molecule has 16 aromatic carbocycles. The fourth-order valence-corrected chi connectivity index (χ4v) is 17.1. The third kappa shape index (κ3) is 29.9. The number of benzene rings is 16. The lowest BCUT2D eigenvalue weighted by Crippen LogP contribution is -2.48. The van der Waals surface area contributed by atoms with E-state index in [1.165, 1.54) is 83.5 Å². The van der Waals surface area contributed by atoms with Crippen molar-refractivity contribution in [1.29, 1.82) is 0 Å². The minimum absolute atomic E-state index is 0.987. The van der Waals surface area contributed by atoms with Crippen LogP contribution in [-0.4, -0.2) is 75.9 Å². The van der Waals surface area contributed by atoms with Crippen molar-refractivity contribution < 1.29 is 0 Å². The zero-order valence-electron chi connectivity index (χ0n) is 88.0. The Labute approximate surface area is 855 Å². The topological polar surface area (TPSA) is 84.5 Å². The highest BCUT2D eigenvalue weighted by molar-refractivity contribution is 6.01. The molecule has 13 nitrogen and oxygen atoms in total. The van der Waals surface area contributed by atoms with Gasteiger partial charge in [-0.1, -0.05) is 287 Å². The van der Waals surface area contributed by atoms with Crippen molar-refractivity contribution in [3.05, 3.63) is 472 Å². The fourth-order valence-electron chi connectivity index (χ4n) is 17.1. The largest absolute Gasteiger partial charge is 0.372 e. The molecular formula is C130H148N13+. The van der Waals surface area contributed by atoms with E-state index in [2.05, 4.69) is 498 Å². The Morgan fingerprint density at radius 3 is 0.790 bits per heavy atom. The fraction of sp³-hybridized carbons (Fsp3) is 0.238. The second-order valence-corrected chi connectivity index (χ2v) is 36.0. The van der Waals surface area contributed by atoms with Crippen LogP contribution in [0, 0.1) is 34.6 Å². The highest BCUT2D eigenvalue weighted by atomic mass is 15.5. The van der Waals surface area contributed by atoms with Gasteiger partial charge in [0.15, 0.2) is 0 Å². The van der Waals surface area contributed by atoms with E-state index < -0.39 is 0 Å². The van der Waals surface area contributed by atoms with Crippen molar-refractivity contribution in [3.63, 3.8) is 0 Å². The Morgan fingerprint density at radius 1 is 0.231 bits per heavy atom. The number of hydrogen-bond acceptors (Lipinski definition) is 12. The third-order valence-electron chi connectivity index (χ3n) is 26.5. The van der Waals surface area contributed by atoms with Gasteiger partial charge in [-0.2, -0.15) is 25.5 Å². The van der Waals surface area contributed by atoms with Crippen molar-refractivity contribution in [2.45, 2.75) is 164 Å². The minimum Gasteiger partial charge on any atom is -0.372 e. The smallest absolute Gasteiger partial charge is 0.132 e. The molecule has 732 valence electrons. The molecule has 143 heavy (non-hydrogen) atoms. The summed E-state index contributed by atoms with van der Waals surface area (Å²) < 4.78 is 1.01. The molecule has 0 saturated heterocycles. The molecule has 0 aromatic heterocycles. The molecule has 0 fully saturated rings. The lowest BCUT2D eigenvalue weighted by molar-refractivity contribution is 0.316. The summed E-state index contributed by atoms with van der Waals surface area (Å²) in [5.74, 6) is 0. The Morgan fingerprint density at radius 2 is 0.490 bits per heavy atom. The maximum atomic E-state index is 5.07. The Hall–Kier alpha value is -15.3. The van der Waals surface area contributed by atoms with Crippen LogP contribution in [0.4, 0.5) is 73.9 Å². The van der Waals surface area contributed by atoms with E-state index in [0.717, 1.165) is 179 Å². The van der Waals surface area contributed by atoms with Crippen molar-refractivity contribution in [3.8, 4) is 0 Å². The van der Waals surface area contributed by atoms with Crippen molar-refractivity contribution in [1.82, 2.24) is 4.48 Å². The average molecular weight is 1890 g/mol. The van der Waals surface area contributed by atoms with Crippen LogP contribution in [-0.2, 0) is 32.1 Å². The molecule has 0 atom stereocenters. The summed E-state index contributed by atoms with van der Waals surface area (Å²) in [6.45, 7) is 48.5. The minimum atomic E-state index is 0.987. The summed E-state index contributed by atoms with van der Waals surface area (Å²) in [6, 6.07) is 137. The molecule has 0 amide bonds. The second kappa shape index (κ2) is 54.5. The quantitative estimate of drug-likeness (QED) is 0.0222. The van der Waals surface area contributed by atoms with Crippen LogP contribution in [0.25, 0.3) is 10.8 Å². The van der Waals surface area contributed by atoms with Gasteiger partial charge in [0.05, 0.1) is 107 Å². The molecule has 0 unspecified atom stereocenters. The summed E-state index contributed by atoms with van der Waals surface area (Å²) in [7, 11) is 0. The van der Waals surface area contributed by atoms with Crippen LogP contribution in [0.15, 0.2) is 414 Å². The molecule has 0 spiro atoms. The zero-order valence-corrected chi connectivity index (χ0v) is 88.0. The second-order valence-electron chi connectivity index (χ2n) is 36.0. The SMILES string of the molecule is CCc1ccc(N(/N=C(\C)c2ccc([N+](CC)(CC)CC)cc2)c2ccc(C)cc2)cc1.CCc1ccc(N(/N=C(\C)c2ccccc2)c2ccc(C)cc2)cc1.CCc1ccc(N(/N=C/c2ccc(N(CC)CC)cc2)c2ccc(C)cc2)c2ccccc12.CCc1ccc(N(/N=C/c2ccc(N(CC)CC)cc2)c2ccc(C)cc2)cc1.CCc1ccc(N(/N=C/c2ccccc2)c2ccc(C)cc2)cc1. The number of fused-ring (bicyclic) bond motifs is 1. The average Bonchev–Trinajstić information content (AvgIpc) is 0.778. The lowest BCUT2D eigenvalue weighted by Gasteiger charge is -2.35. The van der Waals surface area contributed by atoms with Gasteiger partial charge >= 0.3 is 0 Å². The maximum Gasteiger partial charge on any atom is 0.132 e. The van der Waals surface area contributed by atoms with E-state index in [9.17, 15) is 0 Å².